The third kappa shape index (κ3) is 2.44. The number of benzene rings is 1. The predicted octanol–water partition coefficient (Wildman–Crippen LogP) is 2.43. The van der Waals surface area contributed by atoms with E-state index in [9.17, 15) is 10.1 Å². The topological polar surface area (TPSA) is 76.2 Å². The average Bonchev–Trinajstić information content (AvgIpc) is 2.21. The maximum Gasteiger partial charge on any atom is 0.273 e. The summed E-state index contributed by atoms with van der Waals surface area (Å²) in [6.07, 6.45) is 0.0959. The molecule has 0 atom stereocenters. The van der Waals surface area contributed by atoms with Crippen LogP contribution in [0.15, 0.2) is 16.6 Å². The molecule has 0 amide bonds. The van der Waals surface area contributed by atoms with Crippen LogP contribution in [-0.2, 0) is 6.42 Å². The summed E-state index contributed by atoms with van der Waals surface area (Å²) >= 11 is 3.23. The predicted molar refractivity (Wildman–Crippen MR) is 56.7 cm³/mol. The molecule has 0 aromatic heterocycles. The number of methoxy groups -OCH3 is 1. The molecular formula is C9H7BrN2O3. The van der Waals surface area contributed by atoms with Crippen LogP contribution in [0.1, 0.15) is 5.56 Å². The van der Waals surface area contributed by atoms with Crippen molar-refractivity contribution in [3.05, 3.63) is 32.3 Å². The van der Waals surface area contributed by atoms with Gasteiger partial charge >= 0.3 is 0 Å². The van der Waals surface area contributed by atoms with Crippen LogP contribution >= 0.6 is 15.9 Å². The van der Waals surface area contributed by atoms with Crippen LogP contribution in [0.5, 0.6) is 5.75 Å². The quantitative estimate of drug-likeness (QED) is 0.624. The van der Waals surface area contributed by atoms with Gasteiger partial charge in [0.05, 0.1) is 35.1 Å². The van der Waals surface area contributed by atoms with Crippen molar-refractivity contribution in [2.75, 3.05) is 7.11 Å². The Hall–Kier alpha value is -1.61. The molecule has 5 nitrogen and oxygen atoms in total. The lowest BCUT2D eigenvalue weighted by Crippen LogP contribution is -1.95. The molecule has 0 saturated carbocycles. The summed E-state index contributed by atoms with van der Waals surface area (Å²) < 4.78 is 5.54. The molecule has 0 spiro atoms. The highest BCUT2D eigenvalue weighted by atomic mass is 79.9. The van der Waals surface area contributed by atoms with E-state index in [1.807, 2.05) is 6.07 Å². The van der Waals surface area contributed by atoms with Gasteiger partial charge in [0, 0.05) is 6.07 Å². The van der Waals surface area contributed by atoms with E-state index in [-0.39, 0.29) is 12.1 Å². The van der Waals surface area contributed by atoms with Crippen molar-refractivity contribution in [1.29, 1.82) is 5.26 Å². The normalized spacial score (nSPS) is 9.40. The number of rotatable bonds is 3. The number of hydrogen-bond donors (Lipinski definition) is 0. The minimum atomic E-state index is -0.518. The minimum absolute atomic E-state index is 0.0831. The van der Waals surface area contributed by atoms with Gasteiger partial charge in [-0.3, -0.25) is 10.1 Å². The third-order valence-corrected chi connectivity index (χ3v) is 2.70. The van der Waals surface area contributed by atoms with Crippen molar-refractivity contribution >= 4 is 21.6 Å². The largest absolute Gasteiger partial charge is 0.495 e. The minimum Gasteiger partial charge on any atom is -0.495 e. The van der Waals surface area contributed by atoms with Gasteiger partial charge < -0.3 is 4.74 Å². The highest BCUT2D eigenvalue weighted by Gasteiger charge is 2.15. The Labute approximate surface area is 94.6 Å². The number of hydrogen-bond acceptors (Lipinski definition) is 4. The van der Waals surface area contributed by atoms with Gasteiger partial charge in [0.2, 0.25) is 0 Å². The number of nitro benzene ring substituents is 1. The Kier molecular flexibility index (Phi) is 3.63. The highest BCUT2D eigenvalue weighted by Crippen LogP contribution is 2.33. The van der Waals surface area contributed by atoms with Crippen LogP contribution < -0.4 is 4.74 Å². The Balaban J connectivity index is 3.32. The fourth-order valence-corrected chi connectivity index (χ4v) is 1.64. The molecule has 0 aliphatic carbocycles. The van der Waals surface area contributed by atoms with Crippen LogP contribution in [0, 0.1) is 21.4 Å². The smallest absolute Gasteiger partial charge is 0.273 e. The summed E-state index contributed by atoms with van der Waals surface area (Å²) in [7, 11) is 1.42. The van der Waals surface area contributed by atoms with Gasteiger partial charge in [-0.25, -0.2) is 0 Å². The molecule has 0 saturated heterocycles. The summed E-state index contributed by atoms with van der Waals surface area (Å²) in [5, 5.41) is 19.1. The van der Waals surface area contributed by atoms with Gasteiger partial charge in [-0.2, -0.15) is 5.26 Å². The van der Waals surface area contributed by atoms with E-state index in [4.69, 9.17) is 10.00 Å². The van der Waals surface area contributed by atoms with Crippen molar-refractivity contribution < 1.29 is 9.66 Å². The number of ether oxygens (including phenoxy) is 1. The van der Waals surface area contributed by atoms with Crippen LogP contribution in [0.25, 0.3) is 0 Å². The Morgan fingerprint density at radius 2 is 2.33 bits per heavy atom. The van der Waals surface area contributed by atoms with E-state index in [2.05, 4.69) is 15.9 Å². The van der Waals surface area contributed by atoms with Gasteiger partial charge in [-0.15, -0.1) is 0 Å². The first kappa shape index (κ1) is 11.5. The standard InChI is InChI=1S/C9H7BrN2O3/c1-15-8-5-7(12(13)14)4-6(2-3-11)9(8)10/h4-5H,2H2,1H3. The van der Waals surface area contributed by atoms with Crippen LogP contribution in [0.2, 0.25) is 0 Å². The SMILES string of the molecule is COc1cc([N+](=O)[O-])cc(CC#N)c1Br. The first-order valence-corrected chi connectivity index (χ1v) is 4.77. The average molecular weight is 271 g/mol. The van der Waals surface area contributed by atoms with Crippen molar-refractivity contribution in [1.82, 2.24) is 0 Å². The molecule has 0 N–H and O–H groups in total. The van der Waals surface area contributed by atoms with Gasteiger partial charge in [-0.05, 0) is 21.5 Å². The second kappa shape index (κ2) is 4.75. The summed E-state index contributed by atoms with van der Waals surface area (Å²) in [6.45, 7) is 0. The summed E-state index contributed by atoms with van der Waals surface area (Å²) in [5.41, 5.74) is 0.462. The molecule has 0 unspecified atom stereocenters. The molecule has 0 aliphatic heterocycles. The zero-order valence-electron chi connectivity index (χ0n) is 7.86. The van der Waals surface area contributed by atoms with E-state index in [1.165, 1.54) is 19.2 Å². The number of halogens is 1. The second-order valence-corrected chi connectivity index (χ2v) is 3.51. The van der Waals surface area contributed by atoms with Crippen molar-refractivity contribution in [2.24, 2.45) is 0 Å². The number of non-ortho nitro benzene ring substituents is 1. The molecule has 0 radical (unpaired) electrons. The summed E-state index contributed by atoms with van der Waals surface area (Å²) in [5.74, 6) is 0.356. The van der Waals surface area contributed by atoms with Crippen LogP contribution in [0.4, 0.5) is 5.69 Å². The molecule has 1 rings (SSSR count). The maximum atomic E-state index is 10.6. The zero-order chi connectivity index (χ0) is 11.4. The van der Waals surface area contributed by atoms with Crippen molar-refractivity contribution in [2.45, 2.75) is 6.42 Å². The van der Waals surface area contributed by atoms with E-state index in [0.29, 0.717) is 15.8 Å². The number of nitrogens with zero attached hydrogens (tertiary/aromatic N) is 2. The fourth-order valence-electron chi connectivity index (χ4n) is 1.11. The number of nitriles is 1. The van der Waals surface area contributed by atoms with Gasteiger partial charge in [-0.1, -0.05) is 0 Å². The highest BCUT2D eigenvalue weighted by molar-refractivity contribution is 9.10. The number of nitro groups is 1. The van der Waals surface area contributed by atoms with Gasteiger partial charge in [0.25, 0.3) is 5.69 Å². The fraction of sp³-hybridized carbons (Fsp3) is 0.222. The second-order valence-electron chi connectivity index (χ2n) is 2.71. The lowest BCUT2D eigenvalue weighted by atomic mass is 10.1. The Morgan fingerprint density at radius 3 is 2.80 bits per heavy atom. The zero-order valence-corrected chi connectivity index (χ0v) is 9.44. The molecule has 1 aromatic carbocycles. The lowest BCUT2D eigenvalue weighted by molar-refractivity contribution is -0.385. The molecule has 6 heteroatoms. The summed E-state index contributed by atoms with van der Waals surface area (Å²) in [6, 6.07) is 4.60. The molecule has 15 heavy (non-hydrogen) atoms. The first-order chi connectivity index (χ1) is 7.10. The lowest BCUT2D eigenvalue weighted by Gasteiger charge is -2.06. The van der Waals surface area contributed by atoms with Crippen molar-refractivity contribution in [3.63, 3.8) is 0 Å². The molecular weight excluding hydrogens is 264 g/mol. The molecule has 0 heterocycles. The third-order valence-electron chi connectivity index (χ3n) is 1.80. The van der Waals surface area contributed by atoms with Crippen LogP contribution in [-0.4, -0.2) is 12.0 Å². The molecule has 78 valence electrons. The van der Waals surface area contributed by atoms with E-state index >= 15 is 0 Å². The molecule has 0 aliphatic rings. The molecule has 1 aromatic rings. The Bertz CT molecular complexity index is 440. The van der Waals surface area contributed by atoms with E-state index in [1.54, 1.807) is 0 Å². The Morgan fingerprint density at radius 1 is 1.67 bits per heavy atom. The van der Waals surface area contributed by atoms with Crippen molar-refractivity contribution in [3.8, 4) is 11.8 Å². The molecule has 0 bridgehead atoms. The van der Waals surface area contributed by atoms with Gasteiger partial charge in [0.1, 0.15) is 5.75 Å². The summed E-state index contributed by atoms with van der Waals surface area (Å²) in [4.78, 5) is 10.1. The van der Waals surface area contributed by atoms with E-state index in [0.717, 1.165) is 0 Å². The van der Waals surface area contributed by atoms with E-state index < -0.39 is 4.92 Å². The molecule has 0 fully saturated rings. The maximum absolute atomic E-state index is 10.6. The van der Waals surface area contributed by atoms with Crippen LogP contribution in [0.3, 0.4) is 0 Å². The van der Waals surface area contributed by atoms with Gasteiger partial charge in [0.15, 0.2) is 0 Å². The monoisotopic (exact) mass is 270 g/mol. The first-order valence-electron chi connectivity index (χ1n) is 3.98.